The smallest absolute Gasteiger partial charge is 0.318 e. The van der Waals surface area contributed by atoms with Crippen molar-refractivity contribution in [2.45, 2.75) is 11.8 Å². The van der Waals surface area contributed by atoms with Gasteiger partial charge in [-0.15, -0.1) is 0 Å². The first-order valence-corrected chi connectivity index (χ1v) is 6.61. The van der Waals surface area contributed by atoms with E-state index in [9.17, 15) is 9.00 Å². The van der Waals surface area contributed by atoms with Crippen LogP contribution in [0.5, 0.6) is 0 Å². The van der Waals surface area contributed by atoms with Crippen molar-refractivity contribution >= 4 is 40.0 Å². The van der Waals surface area contributed by atoms with E-state index in [2.05, 4.69) is 0 Å². The van der Waals surface area contributed by atoms with E-state index in [0.29, 0.717) is 0 Å². The van der Waals surface area contributed by atoms with Gasteiger partial charge in [0.05, 0.1) is 32.3 Å². The lowest BCUT2D eigenvalue weighted by atomic mass is 10.4. The van der Waals surface area contributed by atoms with Gasteiger partial charge in [0.15, 0.2) is 0 Å². The summed E-state index contributed by atoms with van der Waals surface area (Å²) in [6.45, 7) is 1.94. The van der Waals surface area contributed by atoms with Crippen molar-refractivity contribution < 1.29 is 13.7 Å². The summed E-state index contributed by atoms with van der Waals surface area (Å²) < 4.78 is 16.5. The molecule has 3 nitrogen and oxygen atoms in total. The Hall–Kier alpha value is -0.580. The third-order valence-corrected chi connectivity index (χ3v) is 3.95. The summed E-state index contributed by atoms with van der Waals surface area (Å²) in [4.78, 5) is 11.4. The van der Waals surface area contributed by atoms with Crippen molar-refractivity contribution in [1.29, 1.82) is 0 Å². The Labute approximate surface area is 106 Å². The van der Waals surface area contributed by atoms with Crippen LogP contribution in [0.15, 0.2) is 23.1 Å². The summed E-state index contributed by atoms with van der Waals surface area (Å²) in [5, 5.41) is 0.574. The molecule has 1 atom stereocenters. The molecular weight excluding hydrogens is 271 g/mol. The Balaban J connectivity index is 2.85. The number of halogens is 2. The van der Waals surface area contributed by atoms with E-state index < -0.39 is 16.8 Å². The lowest BCUT2D eigenvalue weighted by Crippen LogP contribution is -2.14. The van der Waals surface area contributed by atoms with Crippen LogP contribution < -0.4 is 0 Å². The Morgan fingerprint density at radius 1 is 1.38 bits per heavy atom. The second kappa shape index (κ2) is 6.23. The minimum atomic E-state index is -1.58. The molecule has 0 N–H and O–H groups in total. The largest absolute Gasteiger partial charge is 0.465 e. The Kier molecular flexibility index (Phi) is 5.25. The van der Waals surface area contributed by atoms with E-state index in [0.717, 1.165) is 0 Å². The summed E-state index contributed by atoms with van der Waals surface area (Å²) in [6.07, 6.45) is 0. The van der Waals surface area contributed by atoms with Gasteiger partial charge in [-0.3, -0.25) is 9.00 Å². The van der Waals surface area contributed by atoms with Gasteiger partial charge in [-0.05, 0) is 19.1 Å². The topological polar surface area (TPSA) is 43.4 Å². The van der Waals surface area contributed by atoms with Crippen LogP contribution in [0, 0.1) is 0 Å². The molecule has 0 aliphatic heterocycles. The van der Waals surface area contributed by atoms with E-state index in [1.165, 1.54) is 0 Å². The number of hydrogen-bond acceptors (Lipinski definition) is 3. The molecule has 6 heteroatoms. The molecule has 0 radical (unpaired) electrons. The average molecular weight is 281 g/mol. The first kappa shape index (κ1) is 13.5. The zero-order chi connectivity index (χ0) is 12.1. The molecular formula is C10H10Cl2O3S. The quantitative estimate of drug-likeness (QED) is 0.797. The minimum Gasteiger partial charge on any atom is -0.465 e. The highest BCUT2D eigenvalue weighted by molar-refractivity contribution is 7.86. The second-order valence-electron chi connectivity index (χ2n) is 2.85. The monoisotopic (exact) mass is 280 g/mol. The molecule has 0 aliphatic carbocycles. The van der Waals surface area contributed by atoms with Gasteiger partial charge < -0.3 is 4.74 Å². The summed E-state index contributed by atoms with van der Waals surface area (Å²) in [5.74, 6) is -0.770. The lowest BCUT2D eigenvalue weighted by molar-refractivity contribution is -0.139. The number of benzene rings is 1. The SMILES string of the molecule is CCOC(=O)CS(=O)c1c(Cl)cccc1Cl. The van der Waals surface area contributed by atoms with Crippen molar-refractivity contribution in [1.82, 2.24) is 0 Å². The van der Waals surface area contributed by atoms with Gasteiger partial charge in [-0.25, -0.2) is 0 Å². The first-order chi connectivity index (χ1) is 7.56. The minimum absolute atomic E-state index is 0.239. The Morgan fingerprint density at radius 2 is 1.94 bits per heavy atom. The number of rotatable bonds is 4. The highest BCUT2D eigenvalue weighted by Crippen LogP contribution is 2.27. The first-order valence-electron chi connectivity index (χ1n) is 4.54. The number of ether oxygens (including phenoxy) is 1. The third kappa shape index (κ3) is 3.47. The Morgan fingerprint density at radius 3 is 2.44 bits per heavy atom. The molecule has 0 aliphatic rings. The Bertz CT molecular complexity index is 400. The van der Waals surface area contributed by atoms with Crippen LogP contribution in [0.2, 0.25) is 10.0 Å². The number of carbonyl (C=O) groups is 1. The molecule has 0 bridgehead atoms. The van der Waals surface area contributed by atoms with Gasteiger partial charge in [0.1, 0.15) is 5.75 Å². The number of esters is 1. The molecule has 16 heavy (non-hydrogen) atoms. The fourth-order valence-electron chi connectivity index (χ4n) is 1.08. The summed E-state index contributed by atoms with van der Waals surface area (Å²) in [7, 11) is -1.58. The molecule has 1 aromatic rings. The second-order valence-corrected chi connectivity index (χ2v) is 5.05. The molecule has 0 spiro atoms. The van der Waals surface area contributed by atoms with E-state index in [1.807, 2.05) is 0 Å². The fourth-order valence-corrected chi connectivity index (χ4v) is 3.01. The molecule has 0 saturated heterocycles. The summed E-state index contributed by atoms with van der Waals surface area (Å²) >= 11 is 11.7. The van der Waals surface area contributed by atoms with E-state index in [-0.39, 0.29) is 27.3 Å². The van der Waals surface area contributed by atoms with Gasteiger partial charge >= 0.3 is 5.97 Å². The van der Waals surface area contributed by atoms with E-state index >= 15 is 0 Å². The zero-order valence-corrected chi connectivity index (χ0v) is 10.9. The average Bonchev–Trinajstić information content (AvgIpc) is 2.17. The maximum atomic E-state index is 11.8. The van der Waals surface area contributed by atoms with Crippen molar-refractivity contribution in [3.63, 3.8) is 0 Å². The molecule has 1 unspecified atom stereocenters. The van der Waals surface area contributed by atoms with Crippen LogP contribution in [0.1, 0.15) is 6.92 Å². The van der Waals surface area contributed by atoms with Crippen LogP contribution in [0.25, 0.3) is 0 Å². The number of hydrogen-bond donors (Lipinski definition) is 0. The van der Waals surface area contributed by atoms with Crippen LogP contribution in [-0.4, -0.2) is 22.5 Å². The van der Waals surface area contributed by atoms with Gasteiger partial charge in [0.25, 0.3) is 0 Å². The number of carbonyl (C=O) groups excluding carboxylic acids is 1. The van der Waals surface area contributed by atoms with Crippen molar-refractivity contribution in [2.75, 3.05) is 12.4 Å². The molecule has 1 aromatic carbocycles. The van der Waals surface area contributed by atoms with Crippen LogP contribution in [0.4, 0.5) is 0 Å². The zero-order valence-electron chi connectivity index (χ0n) is 8.54. The highest BCUT2D eigenvalue weighted by Gasteiger charge is 2.16. The van der Waals surface area contributed by atoms with Gasteiger partial charge in [0.2, 0.25) is 0 Å². The lowest BCUT2D eigenvalue weighted by Gasteiger charge is -2.06. The van der Waals surface area contributed by atoms with E-state index in [4.69, 9.17) is 27.9 Å². The van der Waals surface area contributed by atoms with Gasteiger partial charge in [0, 0.05) is 0 Å². The highest BCUT2D eigenvalue weighted by atomic mass is 35.5. The maximum Gasteiger partial charge on any atom is 0.318 e. The molecule has 0 saturated carbocycles. The standard InChI is InChI=1S/C10H10Cl2O3S/c1-2-15-9(13)6-16(14)10-7(11)4-3-5-8(10)12/h3-5H,2,6H2,1H3. The summed E-state index contributed by atoms with van der Waals surface area (Å²) in [5.41, 5.74) is 0. The molecule has 0 aromatic heterocycles. The van der Waals surface area contributed by atoms with Crippen molar-refractivity contribution in [2.24, 2.45) is 0 Å². The molecule has 88 valence electrons. The van der Waals surface area contributed by atoms with Crippen molar-refractivity contribution in [3.05, 3.63) is 28.2 Å². The van der Waals surface area contributed by atoms with Crippen LogP contribution in [-0.2, 0) is 20.3 Å². The molecule has 0 fully saturated rings. The summed E-state index contributed by atoms with van der Waals surface area (Å²) in [6, 6.07) is 4.80. The molecule has 0 heterocycles. The normalized spacial score (nSPS) is 12.2. The van der Waals surface area contributed by atoms with Crippen molar-refractivity contribution in [3.8, 4) is 0 Å². The molecule has 1 rings (SSSR count). The predicted octanol–water partition coefficient (Wildman–Crippen LogP) is 2.66. The van der Waals surface area contributed by atoms with E-state index in [1.54, 1.807) is 25.1 Å². The predicted molar refractivity (Wildman–Crippen MR) is 64.4 cm³/mol. The fraction of sp³-hybridized carbons (Fsp3) is 0.300. The van der Waals surface area contributed by atoms with Crippen LogP contribution >= 0.6 is 23.2 Å². The van der Waals surface area contributed by atoms with Crippen LogP contribution in [0.3, 0.4) is 0 Å². The van der Waals surface area contributed by atoms with Gasteiger partial charge in [-0.1, -0.05) is 29.3 Å². The molecule has 0 amide bonds. The maximum absolute atomic E-state index is 11.8. The van der Waals surface area contributed by atoms with Gasteiger partial charge in [-0.2, -0.15) is 0 Å². The third-order valence-electron chi connectivity index (χ3n) is 1.70.